The van der Waals surface area contributed by atoms with Crippen molar-refractivity contribution in [3.05, 3.63) is 29.8 Å². The van der Waals surface area contributed by atoms with Crippen molar-refractivity contribution in [1.29, 1.82) is 0 Å². The lowest BCUT2D eigenvalue weighted by Crippen LogP contribution is -2.45. The van der Waals surface area contributed by atoms with Crippen LogP contribution < -0.4 is 10.1 Å². The minimum Gasteiger partial charge on any atom is -0.491 e. The Hall–Kier alpha value is -2.08. The molecule has 0 bridgehead atoms. The quantitative estimate of drug-likeness (QED) is 0.776. The zero-order chi connectivity index (χ0) is 18.0. The van der Waals surface area contributed by atoms with Crippen molar-refractivity contribution in [3.63, 3.8) is 0 Å². The van der Waals surface area contributed by atoms with Gasteiger partial charge in [0.25, 0.3) is 5.91 Å². The maximum absolute atomic E-state index is 12.6. The number of rotatable bonds is 6. The molecule has 2 aliphatic rings. The number of ether oxygens (including phenoxy) is 1. The number of carbonyl (C=O) groups is 2. The second kappa shape index (κ2) is 7.04. The molecule has 136 valence electrons. The van der Waals surface area contributed by atoms with Gasteiger partial charge in [-0.05, 0) is 30.4 Å². The first-order valence-electron chi connectivity index (χ1n) is 8.97. The molecule has 0 aromatic heterocycles. The van der Waals surface area contributed by atoms with E-state index < -0.39 is 17.7 Å². The molecule has 0 unspecified atom stereocenters. The predicted molar refractivity (Wildman–Crippen MR) is 93.5 cm³/mol. The fourth-order valence-electron chi connectivity index (χ4n) is 3.70. The highest BCUT2D eigenvalue weighted by Gasteiger charge is 2.52. The summed E-state index contributed by atoms with van der Waals surface area (Å²) in [6, 6.07) is 7.28. The van der Waals surface area contributed by atoms with Gasteiger partial charge in [0.2, 0.25) is 0 Å². The average Bonchev–Trinajstić information content (AvgIpc) is 3.14. The number of hydrogen-bond donors (Lipinski definition) is 2. The summed E-state index contributed by atoms with van der Waals surface area (Å²) in [6.07, 6.45) is 2.33. The molecule has 3 amide bonds. The summed E-state index contributed by atoms with van der Waals surface area (Å²) in [5, 5.41) is 13.1. The molecule has 2 N–H and O–H groups in total. The minimum absolute atomic E-state index is 0.0355. The summed E-state index contributed by atoms with van der Waals surface area (Å²) in [4.78, 5) is 25.9. The lowest BCUT2D eigenvalue weighted by Gasteiger charge is -2.22. The van der Waals surface area contributed by atoms with E-state index in [1.165, 1.54) is 0 Å². The van der Waals surface area contributed by atoms with Crippen LogP contribution in [0.3, 0.4) is 0 Å². The summed E-state index contributed by atoms with van der Waals surface area (Å²) < 4.78 is 5.74. The van der Waals surface area contributed by atoms with Crippen LogP contribution in [-0.2, 0) is 4.79 Å². The molecule has 1 spiro atoms. The number of aliphatic hydroxyl groups excluding tert-OH is 1. The molecule has 3 rings (SSSR count). The number of aliphatic hydroxyl groups is 1. The maximum Gasteiger partial charge on any atom is 0.325 e. The highest BCUT2D eigenvalue weighted by Crippen LogP contribution is 2.35. The molecular formula is C19H26N2O4. The van der Waals surface area contributed by atoms with E-state index in [2.05, 4.69) is 19.2 Å². The Kier molecular flexibility index (Phi) is 4.99. The second-order valence-corrected chi connectivity index (χ2v) is 7.29. The summed E-state index contributed by atoms with van der Waals surface area (Å²) >= 11 is 0. The van der Waals surface area contributed by atoms with Gasteiger partial charge in [0, 0.05) is 0 Å². The molecule has 1 atom stereocenters. The molecule has 2 fully saturated rings. The van der Waals surface area contributed by atoms with Crippen LogP contribution in [0.1, 0.15) is 51.0 Å². The summed E-state index contributed by atoms with van der Waals surface area (Å²) in [7, 11) is 0. The topological polar surface area (TPSA) is 78.9 Å². The van der Waals surface area contributed by atoms with E-state index in [9.17, 15) is 14.7 Å². The fourth-order valence-corrected chi connectivity index (χ4v) is 3.70. The highest BCUT2D eigenvalue weighted by molar-refractivity contribution is 6.07. The summed E-state index contributed by atoms with van der Waals surface area (Å²) in [5.41, 5.74) is 0.330. The SMILES string of the molecule is CC(C)c1ccccc1OC[C@@H](O)CN1C(=O)NC2(CCCC2)C1=O. The van der Waals surface area contributed by atoms with Gasteiger partial charge in [-0.15, -0.1) is 0 Å². The molecule has 1 aliphatic heterocycles. The number of nitrogens with one attached hydrogen (secondary N) is 1. The van der Waals surface area contributed by atoms with Gasteiger partial charge in [-0.2, -0.15) is 0 Å². The maximum atomic E-state index is 12.6. The van der Waals surface area contributed by atoms with Crippen LogP contribution in [0.15, 0.2) is 24.3 Å². The Morgan fingerprint density at radius 2 is 1.92 bits per heavy atom. The molecule has 6 nitrogen and oxygen atoms in total. The monoisotopic (exact) mass is 346 g/mol. The summed E-state index contributed by atoms with van der Waals surface area (Å²) in [6.45, 7) is 4.14. The molecular weight excluding hydrogens is 320 g/mol. The van der Waals surface area contributed by atoms with Gasteiger partial charge in [0.05, 0.1) is 6.54 Å². The van der Waals surface area contributed by atoms with E-state index in [-0.39, 0.29) is 19.1 Å². The molecule has 6 heteroatoms. The number of hydrogen-bond acceptors (Lipinski definition) is 4. The van der Waals surface area contributed by atoms with Crippen molar-refractivity contribution in [3.8, 4) is 5.75 Å². The van der Waals surface area contributed by atoms with Crippen LogP contribution >= 0.6 is 0 Å². The molecule has 1 aromatic carbocycles. The van der Waals surface area contributed by atoms with Crippen molar-refractivity contribution >= 4 is 11.9 Å². The molecule has 0 radical (unpaired) electrons. The number of β-amino-alcohol motifs (C(OH)–C–C–N with tert-alkyl or cyclic N) is 1. The van der Waals surface area contributed by atoms with Crippen LogP contribution in [0.2, 0.25) is 0 Å². The van der Waals surface area contributed by atoms with Gasteiger partial charge < -0.3 is 15.2 Å². The number of carbonyl (C=O) groups excluding carboxylic acids is 2. The van der Waals surface area contributed by atoms with Gasteiger partial charge in [-0.3, -0.25) is 9.69 Å². The molecule has 1 saturated heterocycles. The van der Waals surface area contributed by atoms with Crippen LogP contribution in [0.4, 0.5) is 4.79 Å². The Morgan fingerprint density at radius 1 is 1.24 bits per heavy atom. The van der Waals surface area contributed by atoms with Crippen molar-refractivity contribution in [2.75, 3.05) is 13.2 Å². The van der Waals surface area contributed by atoms with E-state index in [1.54, 1.807) is 0 Å². The molecule has 1 heterocycles. The molecule has 25 heavy (non-hydrogen) atoms. The Balaban J connectivity index is 1.59. The van der Waals surface area contributed by atoms with Crippen LogP contribution in [0, 0.1) is 0 Å². The van der Waals surface area contributed by atoms with Gasteiger partial charge >= 0.3 is 6.03 Å². The third-order valence-corrected chi connectivity index (χ3v) is 5.07. The van der Waals surface area contributed by atoms with Crippen molar-refractivity contribution in [2.24, 2.45) is 0 Å². The minimum atomic E-state index is -0.925. The van der Waals surface area contributed by atoms with Crippen LogP contribution in [-0.4, -0.2) is 46.7 Å². The lowest BCUT2D eigenvalue weighted by molar-refractivity contribution is -0.132. The third-order valence-electron chi connectivity index (χ3n) is 5.07. The molecule has 1 saturated carbocycles. The third kappa shape index (κ3) is 3.49. The summed E-state index contributed by atoms with van der Waals surface area (Å²) in [5.74, 6) is 0.819. The Morgan fingerprint density at radius 3 is 2.60 bits per heavy atom. The van der Waals surface area contributed by atoms with Crippen molar-refractivity contribution < 1.29 is 19.4 Å². The number of para-hydroxylation sites is 1. The number of amides is 3. The highest BCUT2D eigenvalue weighted by atomic mass is 16.5. The lowest BCUT2D eigenvalue weighted by atomic mass is 9.98. The Labute approximate surface area is 148 Å². The first-order chi connectivity index (χ1) is 11.9. The van der Waals surface area contributed by atoms with Crippen LogP contribution in [0.25, 0.3) is 0 Å². The smallest absolute Gasteiger partial charge is 0.325 e. The number of benzene rings is 1. The van der Waals surface area contributed by atoms with E-state index in [0.717, 1.165) is 29.1 Å². The van der Waals surface area contributed by atoms with E-state index >= 15 is 0 Å². The van der Waals surface area contributed by atoms with E-state index in [4.69, 9.17) is 4.74 Å². The standard InChI is InChI=1S/C19H26N2O4/c1-13(2)15-7-3-4-8-16(15)25-12-14(22)11-21-17(23)19(20-18(21)24)9-5-6-10-19/h3-4,7-8,13-14,22H,5-6,9-12H2,1-2H3,(H,20,24)/t14-/m0/s1. The largest absolute Gasteiger partial charge is 0.491 e. The molecule has 1 aliphatic carbocycles. The first kappa shape index (κ1) is 17.7. The fraction of sp³-hybridized carbons (Fsp3) is 0.579. The van der Waals surface area contributed by atoms with Crippen molar-refractivity contribution in [1.82, 2.24) is 10.2 Å². The van der Waals surface area contributed by atoms with E-state index in [1.807, 2.05) is 24.3 Å². The van der Waals surface area contributed by atoms with Crippen LogP contribution in [0.5, 0.6) is 5.75 Å². The molecule has 1 aromatic rings. The number of nitrogens with zero attached hydrogens (tertiary/aromatic N) is 1. The van der Waals surface area contributed by atoms with Crippen molar-refractivity contribution in [2.45, 2.75) is 57.1 Å². The van der Waals surface area contributed by atoms with Gasteiger partial charge in [0.1, 0.15) is 24.0 Å². The van der Waals surface area contributed by atoms with Gasteiger partial charge in [0.15, 0.2) is 0 Å². The Bertz CT molecular complexity index is 653. The average molecular weight is 346 g/mol. The normalized spacial score (nSPS) is 20.4. The number of imide groups is 1. The van der Waals surface area contributed by atoms with Gasteiger partial charge in [-0.1, -0.05) is 44.9 Å². The van der Waals surface area contributed by atoms with Gasteiger partial charge in [-0.25, -0.2) is 4.79 Å². The second-order valence-electron chi connectivity index (χ2n) is 7.29. The zero-order valence-corrected chi connectivity index (χ0v) is 14.8. The van der Waals surface area contributed by atoms with E-state index in [0.29, 0.717) is 18.8 Å². The zero-order valence-electron chi connectivity index (χ0n) is 14.8. The number of urea groups is 1. The predicted octanol–water partition coefficient (Wildman–Crippen LogP) is 2.41. The first-order valence-corrected chi connectivity index (χ1v) is 8.97.